The van der Waals surface area contributed by atoms with E-state index in [9.17, 15) is 4.79 Å². The van der Waals surface area contributed by atoms with E-state index in [2.05, 4.69) is 33.0 Å². The van der Waals surface area contributed by atoms with Gasteiger partial charge in [-0.2, -0.15) is 5.10 Å². The van der Waals surface area contributed by atoms with Crippen molar-refractivity contribution in [2.24, 2.45) is 0 Å². The molecule has 5 heteroatoms. The maximum Gasteiger partial charge on any atom is 0.244 e. The molecule has 1 heterocycles. The Labute approximate surface area is 96.2 Å². The zero-order valence-corrected chi connectivity index (χ0v) is 10.1. The molecule has 0 spiro atoms. The van der Waals surface area contributed by atoms with Gasteiger partial charge in [0.05, 0.1) is 9.77 Å². The van der Waals surface area contributed by atoms with E-state index in [1.54, 1.807) is 10.9 Å². The van der Waals surface area contributed by atoms with E-state index in [-0.39, 0.29) is 11.9 Å². The largest absolute Gasteiger partial charge is 0.352 e. The molecule has 0 aromatic carbocycles. The monoisotopic (exact) mass is 305 g/mol. The summed E-state index contributed by atoms with van der Waals surface area (Å²) in [5.41, 5.74) is 0. The quantitative estimate of drug-likeness (QED) is 0.856. The van der Waals surface area contributed by atoms with Crippen molar-refractivity contribution in [3.05, 3.63) is 16.0 Å². The summed E-state index contributed by atoms with van der Waals surface area (Å²) < 4.78 is 2.74. The maximum absolute atomic E-state index is 11.6. The molecule has 4 nitrogen and oxygen atoms in total. The Balaban J connectivity index is 1.99. The fourth-order valence-electron chi connectivity index (χ4n) is 1.20. The van der Waals surface area contributed by atoms with Gasteiger partial charge >= 0.3 is 0 Å². The van der Waals surface area contributed by atoms with Crippen molar-refractivity contribution in [2.45, 2.75) is 31.8 Å². The van der Waals surface area contributed by atoms with Crippen LogP contribution in [0.4, 0.5) is 0 Å². The number of nitrogens with zero attached hydrogens (tertiary/aromatic N) is 2. The predicted octanol–water partition coefficient (Wildman–Crippen LogP) is 1.33. The lowest BCUT2D eigenvalue weighted by atomic mass is 10.3. The highest BCUT2D eigenvalue weighted by Crippen LogP contribution is 2.20. The van der Waals surface area contributed by atoms with E-state index >= 15 is 0 Å². The predicted molar refractivity (Wildman–Crippen MR) is 60.8 cm³/mol. The first-order valence-corrected chi connectivity index (χ1v) is 5.74. The molecule has 1 aliphatic carbocycles. The van der Waals surface area contributed by atoms with Crippen molar-refractivity contribution >= 4 is 28.5 Å². The number of hydrogen-bond donors (Lipinski definition) is 1. The van der Waals surface area contributed by atoms with Crippen molar-refractivity contribution in [2.75, 3.05) is 0 Å². The number of aromatic nitrogens is 2. The van der Waals surface area contributed by atoms with Gasteiger partial charge in [-0.25, -0.2) is 0 Å². The van der Waals surface area contributed by atoms with Crippen LogP contribution in [0.1, 0.15) is 25.8 Å². The van der Waals surface area contributed by atoms with Gasteiger partial charge in [-0.3, -0.25) is 9.48 Å². The van der Waals surface area contributed by atoms with E-state index in [1.807, 2.05) is 13.1 Å². The number of hydrogen-bond acceptors (Lipinski definition) is 2. The van der Waals surface area contributed by atoms with Crippen molar-refractivity contribution in [1.29, 1.82) is 0 Å². The Morgan fingerprint density at radius 1 is 1.79 bits per heavy atom. The molecule has 1 atom stereocenters. The number of halogens is 1. The fraction of sp³-hybridized carbons (Fsp3) is 0.556. The molecular formula is C9H12IN3O. The summed E-state index contributed by atoms with van der Waals surface area (Å²) in [4.78, 5) is 11.6. The highest BCUT2D eigenvalue weighted by atomic mass is 127. The lowest BCUT2D eigenvalue weighted by molar-refractivity contribution is -0.124. The average molecular weight is 305 g/mol. The molecule has 2 rings (SSSR count). The molecule has 0 unspecified atom stereocenters. The molecule has 0 bridgehead atoms. The van der Waals surface area contributed by atoms with Crippen LogP contribution in [0.3, 0.4) is 0 Å². The summed E-state index contributed by atoms with van der Waals surface area (Å²) >= 11 is 2.18. The third kappa shape index (κ3) is 2.26. The van der Waals surface area contributed by atoms with E-state index in [4.69, 9.17) is 0 Å². The summed E-state index contributed by atoms with van der Waals surface area (Å²) in [6.07, 6.45) is 5.86. The van der Waals surface area contributed by atoms with Crippen LogP contribution in [0.25, 0.3) is 0 Å². The molecule has 1 fully saturated rings. The Morgan fingerprint density at radius 2 is 2.50 bits per heavy atom. The fourth-order valence-corrected chi connectivity index (χ4v) is 1.61. The van der Waals surface area contributed by atoms with E-state index in [0.29, 0.717) is 6.04 Å². The second-order valence-electron chi connectivity index (χ2n) is 3.60. The number of carbonyl (C=O) groups is 1. The van der Waals surface area contributed by atoms with Gasteiger partial charge in [-0.1, -0.05) is 0 Å². The third-order valence-electron chi connectivity index (χ3n) is 2.27. The van der Waals surface area contributed by atoms with Crippen molar-refractivity contribution < 1.29 is 4.79 Å². The highest BCUT2D eigenvalue weighted by Gasteiger charge is 2.26. The second kappa shape index (κ2) is 3.88. The van der Waals surface area contributed by atoms with Crippen molar-refractivity contribution in [3.63, 3.8) is 0 Å². The van der Waals surface area contributed by atoms with Gasteiger partial charge in [0.2, 0.25) is 5.91 Å². The van der Waals surface area contributed by atoms with Crippen LogP contribution in [0.2, 0.25) is 0 Å². The SMILES string of the molecule is C[C@@H](C(=O)NC1CC1)n1cc(I)cn1. The first kappa shape index (κ1) is 9.95. The number of rotatable bonds is 3. The summed E-state index contributed by atoms with van der Waals surface area (Å²) in [5, 5.41) is 7.07. The minimum absolute atomic E-state index is 0.0620. The number of amides is 1. The van der Waals surface area contributed by atoms with Crippen LogP contribution in [-0.4, -0.2) is 21.7 Å². The molecule has 1 aromatic heterocycles. The zero-order chi connectivity index (χ0) is 10.1. The number of carbonyl (C=O) groups excluding carboxylic acids is 1. The van der Waals surface area contributed by atoms with Gasteiger partial charge in [0.25, 0.3) is 0 Å². The molecule has 0 saturated heterocycles. The van der Waals surface area contributed by atoms with Gasteiger partial charge in [-0.05, 0) is 42.4 Å². The molecule has 0 radical (unpaired) electrons. The van der Waals surface area contributed by atoms with Crippen LogP contribution in [0.5, 0.6) is 0 Å². The minimum atomic E-state index is -0.209. The third-order valence-corrected chi connectivity index (χ3v) is 2.83. The normalized spacial score (nSPS) is 17.9. The lowest BCUT2D eigenvalue weighted by Gasteiger charge is -2.11. The molecule has 1 aromatic rings. The van der Waals surface area contributed by atoms with Crippen LogP contribution >= 0.6 is 22.6 Å². The summed E-state index contributed by atoms with van der Waals surface area (Å²) in [5.74, 6) is 0.0620. The zero-order valence-electron chi connectivity index (χ0n) is 7.90. The molecule has 1 saturated carbocycles. The van der Waals surface area contributed by atoms with Gasteiger partial charge in [-0.15, -0.1) is 0 Å². The molecule has 14 heavy (non-hydrogen) atoms. The van der Waals surface area contributed by atoms with E-state index in [0.717, 1.165) is 16.4 Å². The first-order valence-electron chi connectivity index (χ1n) is 4.67. The summed E-state index contributed by atoms with van der Waals surface area (Å²) in [6, 6.07) is 0.207. The van der Waals surface area contributed by atoms with Gasteiger partial charge in [0.1, 0.15) is 6.04 Å². The smallest absolute Gasteiger partial charge is 0.244 e. The molecular weight excluding hydrogens is 293 g/mol. The maximum atomic E-state index is 11.6. The van der Waals surface area contributed by atoms with Crippen LogP contribution in [-0.2, 0) is 4.79 Å². The topological polar surface area (TPSA) is 46.9 Å². The standard InChI is InChI=1S/C9H12IN3O/c1-6(9(14)12-8-2-3-8)13-5-7(10)4-11-13/h4-6,8H,2-3H2,1H3,(H,12,14)/t6-/m0/s1. The summed E-state index contributed by atoms with van der Waals surface area (Å²) in [7, 11) is 0. The Kier molecular flexibility index (Phi) is 2.76. The second-order valence-corrected chi connectivity index (χ2v) is 4.84. The Hall–Kier alpha value is -0.590. The molecule has 1 N–H and O–H groups in total. The van der Waals surface area contributed by atoms with Crippen LogP contribution < -0.4 is 5.32 Å². The van der Waals surface area contributed by atoms with Gasteiger partial charge in [0.15, 0.2) is 0 Å². The van der Waals surface area contributed by atoms with E-state index in [1.165, 1.54) is 0 Å². The van der Waals surface area contributed by atoms with E-state index < -0.39 is 0 Å². The van der Waals surface area contributed by atoms with Crippen LogP contribution in [0.15, 0.2) is 12.4 Å². The molecule has 1 amide bonds. The lowest BCUT2D eigenvalue weighted by Crippen LogP contribution is -2.32. The summed E-state index contributed by atoms with van der Waals surface area (Å²) in [6.45, 7) is 1.86. The van der Waals surface area contributed by atoms with Crippen LogP contribution in [0, 0.1) is 3.57 Å². The number of nitrogens with one attached hydrogen (secondary N) is 1. The van der Waals surface area contributed by atoms with Gasteiger partial charge < -0.3 is 5.32 Å². The average Bonchev–Trinajstić information content (AvgIpc) is 2.85. The Bertz CT molecular complexity index is 346. The molecule has 0 aliphatic heterocycles. The minimum Gasteiger partial charge on any atom is -0.352 e. The first-order chi connectivity index (χ1) is 6.66. The van der Waals surface area contributed by atoms with Crippen molar-refractivity contribution in [1.82, 2.24) is 15.1 Å². The highest BCUT2D eigenvalue weighted by molar-refractivity contribution is 14.1. The molecule has 76 valence electrons. The molecule has 1 aliphatic rings. The van der Waals surface area contributed by atoms with Gasteiger partial charge in [0, 0.05) is 12.2 Å². The Morgan fingerprint density at radius 3 is 3.00 bits per heavy atom. The van der Waals surface area contributed by atoms with Crippen molar-refractivity contribution in [3.8, 4) is 0 Å².